The second-order valence-corrected chi connectivity index (χ2v) is 8.93. The number of rotatable bonds is 8. The van der Waals surface area contributed by atoms with Gasteiger partial charge in [-0.1, -0.05) is 23.4 Å². The van der Waals surface area contributed by atoms with Crippen LogP contribution in [0.25, 0.3) is 0 Å². The zero-order valence-electron chi connectivity index (χ0n) is 15.0. The van der Waals surface area contributed by atoms with Gasteiger partial charge in [-0.15, -0.1) is 10.2 Å². The van der Waals surface area contributed by atoms with Crippen LogP contribution < -0.4 is 5.32 Å². The predicted octanol–water partition coefficient (Wildman–Crippen LogP) is 3.98. The number of amides is 1. The van der Waals surface area contributed by atoms with Gasteiger partial charge >= 0.3 is 0 Å². The Hall–Kier alpha value is -1.30. The Bertz CT molecular complexity index is 660. The van der Waals surface area contributed by atoms with Crippen molar-refractivity contribution in [1.82, 2.24) is 20.1 Å². The monoisotopic (exact) mass is 360 g/mol. The highest BCUT2D eigenvalue weighted by Gasteiger charge is 2.37. The fourth-order valence-corrected chi connectivity index (χ4v) is 4.45. The van der Waals surface area contributed by atoms with E-state index in [1.54, 1.807) is 11.8 Å². The van der Waals surface area contributed by atoms with Gasteiger partial charge in [0.05, 0.1) is 5.25 Å². The Morgan fingerprint density at radius 2 is 2.16 bits per heavy atom. The van der Waals surface area contributed by atoms with Crippen LogP contribution >= 0.6 is 11.8 Å². The lowest BCUT2D eigenvalue weighted by atomic mass is 9.97. The molecule has 3 aliphatic rings. The summed E-state index contributed by atoms with van der Waals surface area (Å²) in [5.74, 6) is 1.87. The van der Waals surface area contributed by atoms with Crippen molar-refractivity contribution in [2.45, 2.75) is 87.1 Å². The molecule has 2 saturated carbocycles. The van der Waals surface area contributed by atoms with Gasteiger partial charge in [-0.05, 0) is 64.7 Å². The lowest BCUT2D eigenvalue weighted by Crippen LogP contribution is -2.32. The third kappa shape index (κ3) is 4.27. The summed E-state index contributed by atoms with van der Waals surface area (Å²) in [5, 5.41) is 12.7. The number of nitrogens with zero attached hydrogens (tertiary/aromatic N) is 3. The van der Waals surface area contributed by atoms with Gasteiger partial charge < -0.3 is 9.88 Å². The maximum Gasteiger partial charge on any atom is 0.233 e. The van der Waals surface area contributed by atoms with Gasteiger partial charge in [0.2, 0.25) is 5.91 Å². The smallest absolute Gasteiger partial charge is 0.233 e. The van der Waals surface area contributed by atoms with E-state index in [0.717, 1.165) is 23.9 Å². The summed E-state index contributed by atoms with van der Waals surface area (Å²) in [6, 6.07) is 0.571. The molecule has 1 amide bonds. The summed E-state index contributed by atoms with van der Waals surface area (Å²) in [4.78, 5) is 12.4. The maximum atomic E-state index is 12.4. The summed E-state index contributed by atoms with van der Waals surface area (Å²) < 4.78 is 2.32. The molecule has 0 spiro atoms. The highest BCUT2D eigenvalue weighted by molar-refractivity contribution is 8.00. The summed E-state index contributed by atoms with van der Waals surface area (Å²) in [7, 11) is 0. The molecule has 1 unspecified atom stereocenters. The number of nitrogens with one attached hydrogen (secondary N) is 1. The molecule has 5 nitrogen and oxygen atoms in total. The van der Waals surface area contributed by atoms with Crippen LogP contribution in [0.1, 0.15) is 82.5 Å². The Morgan fingerprint density at radius 1 is 1.32 bits per heavy atom. The van der Waals surface area contributed by atoms with Gasteiger partial charge in [0, 0.05) is 18.5 Å². The SMILES string of the molecule is CC(Sc1nnc(C2CC2)n1C1CC1)C(=O)NCCC1=CCCCC1. The van der Waals surface area contributed by atoms with E-state index in [1.807, 2.05) is 6.92 Å². The highest BCUT2D eigenvalue weighted by atomic mass is 32.2. The minimum absolute atomic E-state index is 0.111. The molecular weight excluding hydrogens is 332 g/mol. The number of carbonyl (C=O) groups excluding carboxylic acids is 1. The van der Waals surface area contributed by atoms with Crippen molar-refractivity contribution < 1.29 is 4.79 Å². The molecule has 1 N–H and O–H groups in total. The van der Waals surface area contributed by atoms with Crippen LogP contribution in [-0.2, 0) is 4.79 Å². The van der Waals surface area contributed by atoms with Gasteiger partial charge in [-0.3, -0.25) is 4.79 Å². The Balaban J connectivity index is 1.30. The first-order valence-corrected chi connectivity index (χ1v) is 10.7. The van der Waals surface area contributed by atoms with E-state index in [2.05, 4.69) is 26.2 Å². The molecule has 1 atom stereocenters. The third-order valence-electron chi connectivity index (χ3n) is 5.33. The average molecular weight is 361 g/mol. The van der Waals surface area contributed by atoms with Gasteiger partial charge in [0.25, 0.3) is 0 Å². The van der Waals surface area contributed by atoms with Crippen LogP contribution in [-0.4, -0.2) is 32.5 Å². The van der Waals surface area contributed by atoms with Gasteiger partial charge in [-0.25, -0.2) is 0 Å². The molecule has 0 bridgehead atoms. The fourth-order valence-electron chi connectivity index (χ4n) is 3.50. The first-order valence-electron chi connectivity index (χ1n) is 9.79. The lowest BCUT2D eigenvalue weighted by Gasteiger charge is -2.15. The number of allylic oxidation sites excluding steroid dienone is 1. The van der Waals surface area contributed by atoms with Gasteiger partial charge in [0.1, 0.15) is 5.82 Å². The standard InChI is InChI=1S/C19H28N4OS/c1-13(18(24)20-12-11-14-5-3-2-4-6-14)25-19-22-21-17(15-7-8-15)23(19)16-9-10-16/h5,13,15-16H,2-4,6-12H2,1H3,(H,20,24). The minimum Gasteiger partial charge on any atom is -0.355 e. The summed E-state index contributed by atoms with van der Waals surface area (Å²) in [6.07, 6.45) is 13.3. The second-order valence-electron chi connectivity index (χ2n) is 7.63. The van der Waals surface area contributed by atoms with Crippen molar-refractivity contribution in [2.24, 2.45) is 0 Å². The fraction of sp³-hybridized carbons (Fsp3) is 0.737. The molecule has 3 aliphatic carbocycles. The molecule has 1 heterocycles. The highest BCUT2D eigenvalue weighted by Crippen LogP contribution is 2.46. The van der Waals surface area contributed by atoms with Crippen LogP contribution in [0.3, 0.4) is 0 Å². The van der Waals surface area contributed by atoms with Crippen LogP contribution in [0.15, 0.2) is 16.8 Å². The van der Waals surface area contributed by atoms with Crippen LogP contribution in [0.2, 0.25) is 0 Å². The quantitative estimate of drug-likeness (QED) is 0.563. The number of hydrogen-bond donors (Lipinski definition) is 1. The molecule has 4 rings (SSSR count). The third-order valence-corrected chi connectivity index (χ3v) is 6.38. The number of carbonyl (C=O) groups is 1. The van der Waals surface area contributed by atoms with Crippen LogP contribution in [0, 0.1) is 0 Å². The van der Waals surface area contributed by atoms with E-state index in [-0.39, 0.29) is 11.2 Å². The van der Waals surface area contributed by atoms with Crippen molar-refractivity contribution in [2.75, 3.05) is 6.54 Å². The van der Waals surface area contributed by atoms with E-state index in [9.17, 15) is 4.79 Å². The molecule has 0 saturated heterocycles. The summed E-state index contributed by atoms with van der Waals surface area (Å²) in [5.41, 5.74) is 1.51. The molecule has 2 fully saturated rings. The van der Waals surface area contributed by atoms with E-state index in [4.69, 9.17) is 0 Å². The van der Waals surface area contributed by atoms with E-state index >= 15 is 0 Å². The van der Waals surface area contributed by atoms with Crippen molar-refractivity contribution in [3.05, 3.63) is 17.5 Å². The normalized spacial score (nSPS) is 21.7. The average Bonchev–Trinajstić information content (AvgIpc) is 3.55. The molecule has 0 radical (unpaired) electrons. The van der Waals surface area contributed by atoms with E-state index in [0.29, 0.717) is 12.0 Å². The molecule has 1 aromatic heterocycles. The van der Waals surface area contributed by atoms with E-state index in [1.165, 1.54) is 56.9 Å². The van der Waals surface area contributed by atoms with Crippen molar-refractivity contribution in [3.63, 3.8) is 0 Å². The lowest BCUT2D eigenvalue weighted by molar-refractivity contribution is -0.120. The predicted molar refractivity (Wildman–Crippen MR) is 99.8 cm³/mol. The first-order chi connectivity index (χ1) is 12.2. The van der Waals surface area contributed by atoms with Crippen molar-refractivity contribution in [1.29, 1.82) is 0 Å². The Labute approximate surface area is 154 Å². The van der Waals surface area contributed by atoms with Gasteiger partial charge in [-0.2, -0.15) is 0 Å². The summed E-state index contributed by atoms with van der Waals surface area (Å²) in [6.45, 7) is 2.72. The van der Waals surface area contributed by atoms with Crippen LogP contribution in [0.5, 0.6) is 0 Å². The molecule has 136 valence electrons. The van der Waals surface area contributed by atoms with E-state index < -0.39 is 0 Å². The zero-order valence-corrected chi connectivity index (χ0v) is 15.9. The number of aromatic nitrogens is 3. The van der Waals surface area contributed by atoms with Crippen molar-refractivity contribution in [3.8, 4) is 0 Å². The largest absolute Gasteiger partial charge is 0.355 e. The Morgan fingerprint density at radius 3 is 2.84 bits per heavy atom. The first kappa shape index (κ1) is 17.1. The molecule has 0 aromatic carbocycles. The molecule has 0 aliphatic heterocycles. The minimum atomic E-state index is -0.130. The zero-order chi connectivity index (χ0) is 17.2. The van der Waals surface area contributed by atoms with Gasteiger partial charge in [0.15, 0.2) is 5.16 Å². The molecule has 25 heavy (non-hydrogen) atoms. The summed E-state index contributed by atoms with van der Waals surface area (Å²) >= 11 is 1.56. The molecule has 6 heteroatoms. The van der Waals surface area contributed by atoms with Crippen LogP contribution in [0.4, 0.5) is 0 Å². The Kier molecular flexibility index (Phi) is 5.15. The van der Waals surface area contributed by atoms with Crippen molar-refractivity contribution >= 4 is 17.7 Å². The molecule has 1 aromatic rings. The number of hydrogen-bond acceptors (Lipinski definition) is 4. The molecular formula is C19H28N4OS. The number of thioether (sulfide) groups is 1. The maximum absolute atomic E-state index is 12.4. The second kappa shape index (κ2) is 7.52. The topological polar surface area (TPSA) is 59.8 Å².